The second kappa shape index (κ2) is 7.34. The fourth-order valence-electron chi connectivity index (χ4n) is 3.08. The van der Waals surface area contributed by atoms with Crippen molar-refractivity contribution in [2.75, 3.05) is 19.0 Å². The molecule has 0 aliphatic carbocycles. The molecule has 1 fully saturated rings. The largest absolute Gasteiger partial charge is 0.480 e. The number of aromatic nitrogens is 1. The number of amides is 2. The van der Waals surface area contributed by atoms with Gasteiger partial charge in [0.15, 0.2) is 0 Å². The van der Waals surface area contributed by atoms with Crippen LogP contribution in [0.25, 0.3) is 0 Å². The normalized spacial score (nSPS) is 18.1. The molecule has 1 N–H and O–H groups in total. The highest BCUT2D eigenvalue weighted by Crippen LogP contribution is 2.29. The highest BCUT2D eigenvalue weighted by Gasteiger charge is 2.37. The molecule has 6 nitrogen and oxygen atoms in total. The van der Waals surface area contributed by atoms with E-state index < -0.39 is 0 Å². The molecule has 0 saturated carbocycles. The molecule has 2 amide bonds. The van der Waals surface area contributed by atoms with Crippen molar-refractivity contribution >= 4 is 17.5 Å². The van der Waals surface area contributed by atoms with Gasteiger partial charge in [-0.1, -0.05) is 30.3 Å². The van der Waals surface area contributed by atoms with Crippen LogP contribution in [0, 0.1) is 5.92 Å². The van der Waals surface area contributed by atoms with E-state index in [1.54, 1.807) is 23.2 Å². The van der Waals surface area contributed by atoms with Gasteiger partial charge < -0.3 is 15.0 Å². The van der Waals surface area contributed by atoms with E-state index in [1.165, 1.54) is 7.11 Å². The lowest BCUT2D eigenvalue weighted by molar-refractivity contribution is -0.129. The Hall–Kier alpha value is -2.89. The fraction of sp³-hybridized carbons (Fsp3) is 0.316. The van der Waals surface area contributed by atoms with Crippen molar-refractivity contribution in [2.45, 2.75) is 19.4 Å². The number of nitrogens with one attached hydrogen (secondary N) is 1. The molecule has 130 valence electrons. The van der Waals surface area contributed by atoms with Gasteiger partial charge in [-0.05, 0) is 24.6 Å². The smallest absolute Gasteiger partial charge is 0.237 e. The first kappa shape index (κ1) is 17.0. The molecule has 25 heavy (non-hydrogen) atoms. The number of hydrogen-bond donors (Lipinski definition) is 1. The summed E-state index contributed by atoms with van der Waals surface area (Å²) in [6.07, 6.45) is 1.81. The zero-order valence-corrected chi connectivity index (χ0v) is 14.3. The molecule has 1 aromatic heterocycles. The average Bonchev–Trinajstić information content (AvgIpc) is 3.04. The van der Waals surface area contributed by atoms with Crippen LogP contribution >= 0.6 is 0 Å². The Kier molecular flexibility index (Phi) is 4.97. The first-order chi connectivity index (χ1) is 12.1. The minimum atomic E-state index is -0.386. The summed E-state index contributed by atoms with van der Waals surface area (Å²) in [5, 5.41) is 2.82. The van der Waals surface area contributed by atoms with Crippen LogP contribution in [-0.4, -0.2) is 35.4 Å². The molecule has 6 heteroatoms. The zero-order valence-electron chi connectivity index (χ0n) is 14.3. The third-order valence-electron chi connectivity index (χ3n) is 4.50. The molecular weight excluding hydrogens is 318 g/mol. The van der Waals surface area contributed by atoms with Crippen molar-refractivity contribution in [2.24, 2.45) is 5.92 Å². The molecule has 0 radical (unpaired) electrons. The number of ether oxygens (including phenoxy) is 1. The lowest BCUT2D eigenvalue weighted by Gasteiger charge is -2.25. The van der Waals surface area contributed by atoms with Gasteiger partial charge in [0, 0.05) is 19.2 Å². The summed E-state index contributed by atoms with van der Waals surface area (Å²) < 4.78 is 5.14. The fourth-order valence-corrected chi connectivity index (χ4v) is 3.08. The molecule has 2 heterocycles. The minimum Gasteiger partial charge on any atom is -0.480 e. The van der Waals surface area contributed by atoms with Crippen LogP contribution in [0.1, 0.15) is 24.9 Å². The van der Waals surface area contributed by atoms with Crippen LogP contribution in [0.15, 0.2) is 48.7 Å². The number of hydrogen-bond acceptors (Lipinski definition) is 4. The standard InChI is InChI=1S/C19H21N3O3/c1-13(14-7-4-3-5-8-14)22-12-15(11-17(22)23)18(24)21-16-9-6-10-20-19(16)25-2/h3-10,13,15H,11-12H2,1-2H3,(H,21,24)/t13-,15-/m0/s1. The Morgan fingerprint density at radius 2 is 2.04 bits per heavy atom. The van der Waals surface area contributed by atoms with Crippen LogP contribution < -0.4 is 10.1 Å². The maximum atomic E-state index is 12.6. The number of nitrogens with zero attached hydrogens (tertiary/aromatic N) is 2. The van der Waals surface area contributed by atoms with Gasteiger partial charge in [-0.15, -0.1) is 0 Å². The quantitative estimate of drug-likeness (QED) is 0.909. The third kappa shape index (κ3) is 3.63. The second-order valence-corrected chi connectivity index (χ2v) is 6.08. The zero-order chi connectivity index (χ0) is 17.8. The summed E-state index contributed by atoms with van der Waals surface area (Å²) in [6.45, 7) is 2.39. The highest BCUT2D eigenvalue weighted by molar-refractivity contribution is 5.98. The Morgan fingerprint density at radius 1 is 1.28 bits per heavy atom. The third-order valence-corrected chi connectivity index (χ3v) is 4.50. The van der Waals surface area contributed by atoms with Crippen molar-refractivity contribution in [3.63, 3.8) is 0 Å². The molecule has 0 unspecified atom stereocenters. The van der Waals surface area contributed by atoms with Gasteiger partial charge in [0.1, 0.15) is 5.69 Å². The van der Waals surface area contributed by atoms with Crippen molar-refractivity contribution in [3.8, 4) is 5.88 Å². The Morgan fingerprint density at radius 3 is 2.76 bits per heavy atom. The number of carbonyl (C=O) groups excluding carboxylic acids is 2. The van der Waals surface area contributed by atoms with Crippen LogP contribution in [-0.2, 0) is 9.59 Å². The number of pyridine rings is 1. The first-order valence-corrected chi connectivity index (χ1v) is 8.24. The number of methoxy groups -OCH3 is 1. The lowest BCUT2D eigenvalue weighted by atomic mass is 10.1. The van der Waals surface area contributed by atoms with Gasteiger partial charge in [0.05, 0.1) is 19.1 Å². The van der Waals surface area contributed by atoms with Crippen LogP contribution in [0.4, 0.5) is 5.69 Å². The maximum absolute atomic E-state index is 12.6. The number of anilines is 1. The van der Waals surface area contributed by atoms with E-state index in [-0.39, 0.29) is 30.2 Å². The molecular formula is C19H21N3O3. The van der Waals surface area contributed by atoms with Gasteiger partial charge in [-0.25, -0.2) is 4.98 Å². The monoisotopic (exact) mass is 339 g/mol. The van der Waals surface area contributed by atoms with Crippen LogP contribution in [0.5, 0.6) is 5.88 Å². The van der Waals surface area contributed by atoms with E-state index in [2.05, 4.69) is 10.3 Å². The summed E-state index contributed by atoms with van der Waals surface area (Å²) >= 11 is 0. The Bertz CT molecular complexity index is 764. The predicted octanol–water partition coefficient (Wildman–Crippen LogP) is 2.64. The van der Waals surface area contributed by atoms with E-state index in [9.17, 15) is 9.59 Å². The van der Waals surface area contributed by atoms with E-state index in [0.29, 0.717) is 18.1 Å². The van der Waals surface area contributed by atoms with Crippen molar-refractivity contribution in [1.29, 1.82) is 0 Å². The molecule has 1 aromatic carbocycles. The first-order valence-electron chi connectivity index (χ1n) is 8.24. The Balaban J connectivity index is 1.68. The van der Waals surface area contributed by atoms with Crippen molar-refractivity contribution < 1.29 is 14.3 Å². The van der Waals surface area contributed by atoms with E-state index in [0.717, 1.165) is 5.56 Å². The predicted molar refractivity (Wildman–Crippen MR) is 94.1 cm³/mol. The number of benzene rings is 1. The van der Waals surface area contributed by atoms with Gasteiger partial charge in [-0.3, -0.25) is 9.59 Å². The van der Waals surface area contributed by atoms with Crippen LogP contribution in [0.2, 0.25) is 0 Å². The van der Waals surface area contributed by atoms with Gasteiger partial charge in [-0.2, -0.15) is 0 Å². The minimum absolute atomic E-state index is 0.00495. The van der Waals surface area contributed by atoms with E-state index in [4.69, 9.17) is 4.74 Å². The molecule has 1 aliphatic rings. The molecule has 1 aliphatic heterocycles. The summed E-state index contributed by atoms with van der Waals surface area (Å²) in [4.78, 5) is 30.8. The molecule has 2 aromatic rings. The number of carbonyl (C=O) groups is 2. The highest BCUT2D eigenvalue weighted by atomic mass is 16.5. The summed E-state index contributed by atoms with van der Waals surface area (Å²) in [7, 11) is 1.50. The molecule has 2 atom stereocenters. The Labute approximate surface area is 146 Å². The van der Waals surface area contributed by atoms with Crippen molar-refractivity contribution in [1.82, 2.24) is 9.88 Å². The molecule has 0 bridgehead atoms. The van der Waals surface area contributed by atoms with E-state index >= 15 is 0 Å². The molecule has 3 rings (SSSR count). The maximum Gasteiger partial charge on any atom is 0.237 e. The summed E-state index contributed by atoms with van der Waals surface area (Å²) in [6, 6.07) is 13.2. The van der Waals surface area contributed by atoms with Gasteiger partial charge >= 0.3 is 0 Å². The van der Waals surface area contributed by atoms with Gasteiger partial charge in [0.2, 0.25) is 17.7 Å². The van der Waals surface area contributed by atoms with Crippen molar-refractivity contribution in [3.05, 3.63) is 54.2 Å². The number of rotatable bonds is 5. The van der Waals surface area contributed by atoms with Gasteiger partial charge in [0.25, 0.3) is 0 Å². The van der Waals surface area contributed by atoms with E-state index in [1.807, 2.05) is 37.3 Å². The molecule has 1 saturated heterocycles. The lowest BCUT2D eigenvalue weighted by Crippen LogP contribution is -2.30. The second-order valence-electron chi connectivity index (χ2n) is 6.08. The molecule has 0 spiro atoms. The number of likely N-dealkylation sites (tertiary alicyclic amines) is 1. The summed E-state index contributed by atoms with van der Waals surface area (Å²) in [5.41, 5.74) is 1.57. The average molecular weight is 339 g/mol. The SMILES string of the molecule is COc1ncccc1NC(=O)[C@H]1CC(=O)N([C@@H](C)c2ccccc2)C1. The topological polar surface area (TPSA) is 71.5 Å². The van der Waals surface area contributed by atoms with Crippen LogP contribution in [0.3, 0.4) is 0 Å². The summed E-state index contributed by atoms with van der Waals surface area (Å²) in [5.74, 6) is -0.227.